The molecule has 0 bridgehead atoms. The molecule has 0 radical (unpaired) electrons. The number of hydrogen-bond acceptors (Lipinski definition) is 3. The number of esters is 1. The van der Waals surface area contributed by atoms with Crippen molar-refractivity contribution < 1.29 is 13.9 Å². The second-order valence-corrected chi connectivity index (χ2v) is 5.30. The van der Waals surface area contributed by atoms with Crippen molar-refractivity contribution in [2.45, 2.75) is 39.2 Å². The van der Waals surface area contributed by atoms with Crippen LogP contribution in [0.1, 0.15) is 31.7 Å². The number of anilines is 1. The van der Waals surface area contributed by atoms with E-state index in [1.165, 1.54) is 13.2 Å². The van der Waals surface area contributed by atoms with Gasteiger partial charge in [0, 0.05) is 5.69 Å². The van der Waals surface area contributed by atoms with Crippen molar-refractivity contribution in [3.8, 4) is 0 Å². The molecule has 0 saturated heterocycles. The van der Waals surface area contributed by atoms with Gasteiger partial charge < -0.3 is 10.1 Å². The van der Waals surface area contributed by atoms with Gasteiger partial charge in [0.25, 0.3) is 0 Å². The molecule has 0 heterocycles. The Kier molecular flexibility index (Phi) is 6.28. The fourth-order valence-corrected chi connectivity index (χ4v) is 2.25. The molecule has 5 heteroatoms. The van der Waals surface area contributed by atoms with Crippen molar-refractivity contribution in [1.29, 1.82) is 0 Å². The first-order valence-corrected chi connectivity index (χ1v) is 7.08. The largest absolute Gasteiger partial charge is 0.467 e. The predicted octanol–water partition coefficient (Wildman–Crippen LogP) is 4.04. The van der Waals surface area contributed by atoms with E-state index in [1.54, 1.807) is 6.07 Å². The summed E-state index contributed by atoms with van der Waals surface area (Å²) in [4.78, 5) is 11.7. The molecule has 0 amide bonds. The lowest BCUT2D eigenvalue weighted by atomic mass is 10.1. The standard InChI is InChI=1S/C14H19BrFNO2/c1-4-5-6-12(14(18)19-3)17-13-8-11(16)10(15)7-9(13)2/h7-8,12,17H,4-6H2,1-3H3. The Balaban J connectivity index is 2.89. The second kappa shape index (κ2) is 7.48. The van der Waals surface area contributed by atoms with Crippen molar-refractivity contribution in [3.05, 3.63) is 28.0 Å². The van der Waals surface area contributed by atoms with Gasteiger partial charge in [0.1, 0.15) is 11.9 Å². The lowest BCUT2D eigenvalue weighted by molar-refractivity contribution is -0.141. The fourth-order valence-electron chi connectivity index (χ4n) is 1.79. The summed E-state index contributed by atoms with van der Waals surface area (Å²) in [5.41, 5.74) is 1.49. The van der Waals surface area contributed by atoms with Crippen LogP contribution in [0, 0.1) is 12.7 Å². The van der Waals surface area contributed by atoms with Crippen LogP contribution >= 0.6 is 15.9 Å². The Morgan fingerprint density at radius 3 is 2.79 bits per heavy atom. The fraction of sp³-hybridized carbons (Fsp3) is 0.500. The molecule has 106 valence electrons. The summed E-state index contributed by atoms with van der Waals surface area (Å²) < 4.78 is 18.7. The molecular formula is C14H19BrFNO2. The molecule has 1 N–H and O–H groups in total. The van der Waals surface area contributed by atoms with Gasteiger partial charge in [0.15, 0.2) is 0 Å². The van der Waals surface area contributed by atoms with Crippen LogP contribution in [-0.4, -0.2) is 19.1 Å². The molecule has 1 unspecified atom stereocenters. The molecule has 1 rings (SSSR count). The highest BCUT2D eigenvalue weighted by Crippen LogP contribution is 2.25. The van der Waals surface area contributed by atoms with Gasteiger partial charge in [0.05, 0.1) is 11.6 Å². The lowest BCUT2D eigenvalue weighted by Crippen LogP contribution is -2.31. The highest BCUT2D eigenvalue weighted by molar-refractivity contribution is 9.10. The number of nitrogens with one attached hydrogen (secondary N) is 1. The highest BCUT2D eigenvalue weighted by Gasteiger charge is 2.19. The zero-order valence-electron chi connectivity index (χ0n) is 11.4. The minimum absolute atomic E-state index is 0.323. The molecule has 0 aliphatic carbocycles. The predicted molar refractivity (Wildman–Crippen MR) is 77.8 cm³/mol. The van der Waals surface area contributed by atoms with Crippen LogP contribution in [0.3, 0.4) is 0 Å². The number of ether oxygens (including phenoxy) is 1. The number of halogens is 2. The molecule has 0 aromatic heterocycles. The third kappa shape index (κ3) is 4.49. The van der Waals surface area contributed by atoms with Gasteiger partial charge in [-0.1, -0.05) is 19.8 Å². The van der Waals surface area contributed by atoms with E-state index in [0.717, 1.165) is 18.4 Å². The molecule has 1 atom stereocenters. The highest BCUT2D eigenvalue weighted by atomic mass is 79.9. The molecule has 0 fully saturated rings. The first-order valence-electron chi connectivity index (χ1n) is 6.29. The van der Waals surface area contributed by atoms with Crippen LogP contribution in [0.15, 0.2) is 16.6 Å². The van der Waals surface area contributed by atoms with Crippen molar-refractivity contribution >= 4 is 27.6 Å². The van der Waals surface area contributed by atoms with Gasteiger partial charge >= 0.3 is 5.97 Å². The molecular weight excluding hydrogens is 313 g/mol. The number of unbranched alkanes of at least 4 members (excludes halogenated alkanes) is 1. The number of hydrogen-bond donors (Lipinski definition) is 1. The summed E-state index contributed by atoms with van der Waals surface area (Å²) in [5, 5.41) is 3.07. The van der Waals surface area contributed by atoms with Crippen molar-refractivity contribution in [3.63, 3.8) is 0 Å². The number of carbonyl (C=O) groups excluding carboxylic acids is 1. The maximum Gasteiger partial charge on any atom is 0.328 e. The summed E-state index contributed by atoms with van der Waals surface area (Å²) in [6.45, 7) is 3.92. The molecule has 0 aliphatic rings. The van der Waals surface area contributed by atoms with E-state index in [4.69, 9.17) is 4.74 Å². The Morgan fingerprint density at radius 2 is 2.21 bits per heavy atom. The molecule has 1 aromatic carbocycles. The smallest absolute Gasteiger partial charge is 0.328 e. The van der Waals surface area contributed by atoms with Crippen LogP contribution in [0.5, 0.6) is 0 Å². The Morgan fingerprint density at radius 1 is 1.53 bits per heavy atom. The van der Waals surface area contributed by atoms with Gasteiger partial charge in [-0.3, -0.25) is 0 Å². The van der Waals surface area contributed by atoms with E-state index in [9.17, 15) is 9.18 Å². The minimum atomic E-state index is -0.441. The van der Waals surface area contributed by atoms with E-state index in [2.05, 4.69) is 28.2 Å². The Hall–Kier alpha value is -1.10. The maximum absolute atomic E-state index is 13.5. The zero-order chi connectivity index (χ0) is 14.4. The number of methoxy groups -OCH3 is 1. The molecule has 19 heavy (non-hydrogen) atoms. The monoisotopic (exact) mass is 331 g/mol. The van der Waals surface area contributed by atoms with Gasteiger partial charge in [-0.25, -0.2) is 9.18 Å². The van der Waals surface area contributed by atoms with Crippen LogP contribution in [0.4, 0.5) is 10.1 Å². The Labute approximate surface area is 121 Å². The number of aryl methyl sites for hydroxylation is 1. The summed E-state index contributed by atoms with van der Waals surface area (Å²) in [6.07, 6.45) is 2.56. The van der Waals surface area contributed by atoms with Crippen molar-refractivity contribution in [1.82, 2.24) is 0 Å². The number of carbonyl (C=O) groups is 1. The van der Waals surface area contributed by atoms with Crippen LogP contribution in [-0.2, 0) is 9.53 Å². The minimum Gasteiger partial charge on any atom is -0.467 e. The average molecular weight is 332 g/mol. The molecule has 1 aromatic rings. The van der Waals surface area contributed by atoms with Gasteiger partial charge in [-0.05, 0) is 47.0 Å². The maximum atomic E-state index is 13.5. The second-order valence-electron chi connectivity index (χ2n) is 4.44. The summed E-state index contributed by atoms with van der Waals surface area (Å²) in [5.74, 6) is -0.677. The normalized spacial score (nSPS) is 12.1. The SMILES string of the molecule is CCCCC(Nc1cc(F)c(Br)cc1C)C(=O)OC. The zero-order valence-corrected chi connectivity index (χ0v) is 13.0. The summed E-state index contributed by atoms with van der Waals surface area (Å²) in [6, 6.07) is 2.64. The van der Waals surface area contributed by atoms with E-state index in [0.29, 0.717) is 16.6 Å². The third-order valence-corrected chi connectivity index (χ3v) is 3.54. The molecule has 0 aliphatic heterocycles. The quantitative estimate of drug-likeness (QED) is 0.799. The van der Waals surface area contributed by atoms with Gasteiger partial charge in [-0.2, -0.15) is 0 Å². The van der Waals surface area contributed by atoms with E-state index < -0.39 is 6.04 Å². The van der Waals surface area contributed by atoms with Crippen LogP contribution < -0.4 is 5.32 Å². The summed E-state index contributed by atoms with van der Waals surface area (Å²) in [7, 11) is 1.36. The molecule has 3 nitrogen and oxygen atoms in total. The van der Waals surface area contributed by atoms with E-state index in [1.807, 2.05) is 6.92 Å². The number of rotatable bonds is 6. The van der Waals surface area contributed by atoms with Gasteiger partial charge in [-0.15, -0.1) is 0 Å². The lowest BCUT2D eigenvalue weighted by Gasteiger charge is -2.19. The van der Waals surface area contributed by atoms with Crippen LogP contribution in [0.2, 0.25) is 0 Å². The van der Waals surface area contributed by atoms with Crippen molar-refractivity contribution in [2.75, 3.05) is 12.4 Å². The average Bonchev–Trinajstić information content (AvgIpc) is 2.39. The van der Waals surface area contributed by atoms with Gasteiger partial charge in [0.2, 0.25) is 0 Å². The van der Waals surface area contributed by atoms with Crippen molar-refractivity contribution in [2.24, 2.45) is 0 Å². The van der Waals surface area contributed by atoms with Crippen LogP contribution in [0.25, 0.3) is 0 Å². The number of benzene rings is 1. The topological polar surface area (TPSA) is 38.3 Å². The first kappa shape index (κ1) is 16.0. The third-order valence-electron chi connectivity index (χ3n) is 2.93. The Bertz CT molecular complexity index is 451. The molecule has 0 spiro atoms. The summed E-state index contributed by atoms with van der Waals surface area (Å²) >= 11 is 3.14. The molecule has 0 saturated carbocycles. The van der Waals surface area contributed by atoms with E-state index in [-0.39, 0.29) is 11.8 Å². The first-order chi connectivity index (χ1) is 8.99. The van der Waals surface area contributed by atoms with E-state index >= 15 is 0 Å².